The van der Waals surface area contributed by atoms with Gasteiger partial charge in [-0.2, -0.15) is 0 Å². The number of fused-ring (bicyclic) bond motifs is 2. The summed E-state index contributed by atoms with van der Waals surface area (Å²) in [5, 5.41) is 1.61. The van der Waals surface area contributed by atoms with Gasteiger partial charge in [-0.05, 0) is 41.8 Å². The van der Waals surface area contributed by atoms with Crippen LogP contribution in [0.3, 0.4) is 0 Å². The standard InChI is InChI=1S/C14H11NO2/c1-17-12-5-6-13-10(9-12)8-11-4-2-3-7-15(11)14(13)16/h2-9H,1H3. The van der Waals surface area contributed by atoms with E-state index in [0.29, 0.717) is 5.39 Å². The van der Waals surface area contributed by atoms with Crippen LogP contribution in [0.2, 0.25) is 0 Å². The van der Waals surface area contributed by atoms with Gasteiger partial charge in [0.15, 0.2) is 0 Å². The van der Waals surface area contributed by atoms with E-state index in [-0.39, 0.29) is 5.56 Å². The zero-order valence-electron chi connectivity index (χ0n) is 9.38. The third kappa shape index (κ3) is 1.47. The van der Waals surface area contributed by atoms with Crippen molar-refractivity contribution in [3.8, 4) is 5.75 Å². The molecule has 1 aromatic carbocycles. The van der Waals surface area contributed by atoms with Crippen LogP contribution >= 0.6 is 0 Å². The van der Waals surface area contributed by atoms with Gasteiger partial charge in [-0.1, -0.05) is 6.07 Å². The fourth-order valence-electron chi connectivity index (χ4n) is 2.03. The Morgan fingerprint density at radius 2 is 2.00 bits per heavy atom. The fraction of sp³-hybridized carbons (Fsp3) is 0.0714. The topological polar surface area (TPSA) is 30.7 Å². The lowest BCUT2D eigenvalue weighted by Crippen LogP contribution is -2.12. The molecule has 0 spiro atoms. The molecule has 17 heavy (non-hydrogen) atoms. The van der Waals surface area contributed by atoms with Crippen molar-refractivity contribution in [1.29, 1.82) is 0 Å². The second kappa shape index (κ2) is 3.63. The van der Waals surface area contributed by atoms with Crippen molar-refractivity contribution >= 4 is 16.3 Å². The first-order valence-electron chi connectivity index (χ1n) is 5.38. The Labute approximate surface area is 97.9 Å². The van der Waals surface area contributed by atoms with Crippen molar-refractivity contribution in [3.63, 3.8) is 0 Å². The highest BCUT2D eigenvalue weighted by Crippen LogP contribution is 2.19. The molecule has 0 bridgehead atoms. The maximum absolute atomic E-state index is 12.2. The predicted molar refractivity (Wildman–Crippen MR) is 67.7 cm³/mol. The van der Waals surface area contributed by atoms with Gasteiger partial charge in [-0.25, -0.2) is 0 Å². The largest absolute Gasteiger partial charge is 0.497 e. The van der Waals surface area contributed by atoms with E-state index in [1.807, 2.05) is 30.3 Å². The average molecular weight is 225 g/mol. The summed E-state index contributed by atoms with van der Waals surface area (Å²) in [4.78, 5) is 12.2. The molecule has 0 fully saturated rings. The highest BCUT2D eigenvalue weighted by molar-refractivity contribution is 5.86. The molecule has 3 aromatic rings. The van der Waals surface area contributed by atoms with Crippen molar-refractivity contribution in [2.75, 3.05) is 7.11 Å². The molecule has 0 aliphatic rings. The molecule has 0 atom stereocenters. The smallest absolute Gasteiger partial charge is 0.262 e. The molecule has 3 nitrogen and oxygen atoms in total. The normalized spacial score (nSPS) is 10.9. The molecule has 3 heteroatoms. The molecular formula is C14H11NO2. The van der Waals surface area contributed by atoms with Gasteiger partial charge in [0.1, 0.15) is 5.75 Å². The summed E-state index contributed by atoms with van der Waals surface area (Å²) < 4.78 is 6.81. The number of benzene rings is 1. The first-order chi connectivity index (χ1) is 8.29. The van der Waals surface area contributed by atoms with Gasteiger partial charge in [0.05, 0.1) is 7.11 Å². The zero-order chi connectivity index (χ0) is 11.8. The Morgan fingerprint density at radius 1 is 1.12 bits per heavy atom. The van der Waals surface area contributed by atoms with Gasteiger partial charge < -0.3 is 4.74 Å². The Hall–Kier alpha value is -2.29. The molecule has 0 saturated carbocycles. The lowest BCUT2D eigenvalue weighted by atomic mass is 10.1. The summed E-state index contributed by atoms with van der Waals surface area (Å²) in [6.07, 6.45) is 1.78. The second-order valence-corrected chi connectivity index (χ2v) is 3.90. The molecule has 0 aliphatic carbocycles. The summed E-state index contributed by atoms with van der Waals surface area (Å²) in [6.45, 7) is 0. The second-order valence-electron chi connectivity index (χ2n) is 3.90. The number of pyridine rings is 2. The van der Waals surface area contributed by atoms with Crippen molar-refractivity contribution < 1.29 is 4.74 Å². The van der Waals surface area contributed by atoms with Crippen LogP contribution in [-0.4, -0.2) is 11.5 Å². The maximum atomic E-state index is 12.2. The van der Waals surface area contributed by atoms with Gasteiger partial charge in [-0.3, -0.25) is 9.20 Å². The molecule has 84 valence electrons. The molecule has 0 unspecified atom stereocenters. The lowest BCUT2D eigenvalue weighted by molar-refractivity contribution is 0.415. The highest BCUT2D eigenvalue weighted by atomic mass is 16.5. The summed E-state index contributed by atoms with van der Waals surface area (Å²) in [5.74, 6) is 0.761. The lowest BCUT2D eigenvalue weighted by Gasteiger charge is -2.05. The summed E-state index contributed by atoms with van der Waals surface area (Å²) in [6, 6.07) is 13.2. The zero-order valence-corrected chi connectivity index (χ0v) is 9.38. The summed E-state index contributed by atoms with van der Waals surface area (Å²) >= 11 is 0. The number of rotatable bonds is 1. The Morgan fingerprint density at radius 3 is 2.82 bits per heavy atom. The number of methoxy groups -OCH3 is 1. The Bertz CT molecular complexity index is 759. The number of hydrogen-bond acceptors (Lipinski definition) is 2. The van der Waals surface area contributed by atoms with Crippen LogP contribution in [0.5, 0.6) is 5.75 Å². The highest BCUT2D eigenvalue weighted by Gasteiger charge is 2.03. The predicted octanol–water partition coefficient (Wildman–Crippen LogP) is 2.46. The molecule has 3 rings (SSSR count). The molecule has 0 radical (unpaired) electrons. The van der Waals surface area contributed by atoms with E-state index < -0.39 is 0 Å². The molecular weight excluding hydrogens is 214 g/mol. The number of aromatic nitrogens is 1. The van der Waals surface area contributed by atoms with E-state index in [1.165, 1.54) is 0 Å². The van der Waals surface area contributed by atoms with Crippen LogP contribution in [0, 0.1) is 0 Å². The van der Waals surface area contributed by atoms with Crippen LogP contribution in [0.25, 0.3) is 16.3 Å². The van der Waals surface area contributed by atoms with Gasteiger partial charge >= 0.3 is 0 Å². The summed E-state index contributed by atoms with van der Waals surface area (Å²) in [5.41, 5.74) is 0.888. The third-order valence-electron chi connectivity index (χ3n) is 2.90. The van der Waals surface area contributed by atoms with Crippen molar-refractivity contribution in [1.82, 2.24) is 4.40 Å². The van der Waals surface area contributed by atoms with Crippen molar-refractivity contribution in [3.05, 3.63) is 59.0 Å². The van der Waals surface area contributed by atoms with E-state index in [2.05, 4.69) is 0 Å². The fourth-order valence-corrected chi connectivity index (χ4v) is 2.03. The van der Waals surface area contributed by atoms with Crippen molar-refractivity contribution in [2.24, 2.45) is 0 Å². The van der Waals surface area contributed by atoms with E-state index in [0.717, 1.165) is 16.7 Å². The minimum Gasteiger partial charge on any atom is -0.497 e. The van der Waals surface area contributed by atoms with Crippen LogP contribution < -0.4 is 10.3 Å². The average Bonchev–Trinajstić information content (AvgIpc) is 2.38. The first-order valence-corrected chi connectivity index (χ1v) is 5.38. The summed E-state index contributed by atoms with van der Waals surface area (Å²) in [7, 11) is 1.62. The minimum atomic E-state index is 0.000697. The third-order valence-corrected chi connectivity index (χ3v) is 2.90. The van der Waals surface area contributed by atoms with Crippen molar-refractivity contribution in [2.45, 2.75) is 0 Å². The van der Waals surface area contributed by atoms with Gasteiger partial charge in [0, 0.05) is 17.1 Å². The van der Waals surface area contributed by atoms with Gasteiger partial charge in [0.25, 0.3) is 5.56 Å². The van der Waals surface area contributed by atoms with Crippen LogP contribution in [-0.2, 0) is 0 Å². The number of nitrogens with zero attached hydrogens (tertiary/aromatic N) is 1. The van der Waals surface area contributed by atoms with E-state index in [9.17, 15) is 4.79 Å². The van der Waals surface area contributed by atoms with E-state index in [1.54, 1.807) is 29.8 Å². The molecule has 2 aromatic heterocycles. The van der Waals surface area contributed by atoms with E-state index >= 15 is 0 Å². The SMILES string of the molecule is COc1ccc2c(=O)n3ccccc3cc2c1. The molecule has 0 aliphatic heterocycles. The number of hydrogen-bond donors (Lipinski definition) is 0. The van der Waals surface area contributed by atoms with Gasteiger partial charge in [-0.15, -0.1) is 0 Å². The van der Waals surface area contributed by atoms with Crippen LogP contribution in [0.15, 0.2) is 53.5 Å². The quantitative estimate of drug-likeness (QED) is 0.595. The molecule has 0 N–H and O–H groups in total. The van der Waals surface area contributed by atoms with Gasteiger partial charge in [0.2, 0.25) is 0 Å². The Balaban J connectivity index is 2.50. The molecule has 0 saturated heterocycles. The monoisotopic (exact) mass is 225 g/mol. The number of ether oxygens (including phenoxy) is 1. The Kier molecular flexibility index (Phi) is 2.11. The van der Waals surface area contributed by atoms with Crippen LogP contribution in [0.4, 0.5) is 0 Å². The van der Waals surface area contributed by atoms with Crippen LogP contribution in [0.1, 0.15) is 0 Å². The molecule has 0 amide bonds. The first kappa shape index (κ1) is 9.90. The molecule has 2 heterocycles. The van der Waals surface area contributed by atoms with E-state index in [4.69, 9.17) is 4.74 Å². The minimum absolute atomic E-state index is 0.000697. The maximum Gasteiger partial charge on any atom is 0.262 e.